The fourth-order valence-electron chi connectivity index (χ4n) is 3.08. The van der Waals surface area contributed by atoms with Crippen molar-refractivity contribution in [1.29, 1.82) is 0 Å². The molecule has 0 bridgehead atoms. The summed E-state index contributed by atoms with van der Waals surface area (Å²) in [6.45, 7) is 4.12. The molecule has 0 spiro atoms. The molecule has 3 aromatic rings. The monoisotopic (exact) mass is 374 g/mol. The van der Waals surface area contributed by atoms with Crippen LogP contribution >= 0.6 is 11.3 Å². The van der Waals surface area contributed by atoms with Gasteiger partial charge in [-0.1, -0.05) is 0 Å². The molecule has 25 heavy (non-hydrogen) atoms. The van der Waals surface area contributed by atoms with Gasteiger partial charge in [0.15, 0.2) is 15.7 Å². The number of hydrogen-bond donors (Lipinski definition) is 1. The summed E-state index contributed by atoms with van der Waals surface area (Å²) in [4.78, 5) is 15.6. The van der Waals surface area contributed by atoms with Gasteiger partial charge in [0.05, 0.1) is 16.9 Å². The van der Waals surface area contributed by atoms with Crippen LogP contribution in [0, 0.1) is 13.8 Å². The molecule has 6 nitrogen and oxygen atoms in total. The molecule has 1 N–H and O–H groups in total. The summed E-state index contributed by atoms with van der Waals surface area (Å²) in [7, 11) is -2.95. The lowest BCUT2D eigenvalue weighted by Crippen LogP contribution is -2.21. The highest BCUT2D eigenvalue weighted by Crippen LogP contribution is 2.35. The third-order valence-electron chi connectivity index (χ3n) is 4.52. The van der Waals surface area contributed by atoms with Gasteiger partial charge in [-0.05, 0) is 38.0 Å². The quantitative estimate of drug-likeness (QED) is 0.759. The van der Waals surface area contributed by atoms with E-state index in [2.05, 4.69) is 24.1 Å². The van der Waals surface area contributed by atoms with Crippen molar-refractivity contribution in [2.45, 2.75) is 26.3 Å². The predicted molar refractivity (Wildman–Crippen MR) is 101 cm³/mol. The minimum atomic E-state index is -2.95. The average Bonchev–Trinajstić information content (AvgIpc) is 3.07. The van der Waals surface area contributed by atoms with Crippen molar-refractivity contribution in [3.63, 3.8) is 0 Å². The molecule has 4 rings (SSSR count). The fourth-order valence-corrected chi connectivity index (χ4v) is 5.78. The molecule has 8 heteroatoms. The minimum Gasteiger partial charge on any atom is -0.366 e. The topological polar surface area (TPSA) is 84.8 Å². The Bertz CT molecular complexity index is 1050. The SMILES string of the molecule is Cc1sc2nc(-c3cccnc3)nc(N[C@H]3CCS(=O)(=O)C3)c2c1C. The number of aryl methyl sites for hydroxylation is 2. The van der Waals surface area contributed by atoms with E-state index >= 15 is 0 Å². The highest BCUT2D eigenvalue weighted by molar-refractivity contribution is 7.91. The second kappa shape index (κ2) is 6.03. The highest BCUT2D eigenvalue weighted by atomic mass is 32.2. The van der Waals surface area contributed by atoms with Crippen LogP contribution in [0.15, 0.2) is 24.5 Å². The molecule has 0 saturated carbocycles. The van der Waals surface area contributed by atoms with E-state index in [4.69, 9.17) is 9.97 Å². The van der Waals surface area contributed by atoms with Gasteiger partial charge in [0, 0.05) is 28.9 Å². The summed E-state index contributed by atoms with van der Waals surface area (Å²) < 4.78 is 23.6. The number of fused-ring (bicyclic) bond motifs is 1. The second-order valence-corrected chi connectivity index (χ2v) is 9.78. The molecule has 1 fully saturated rings. The number of thiophene rings is 1. The van der Waals surface area contributed by atoms with Crippen LogP contribution in [-0.2, 0) is 9.84 Å². The first-order valence-electron chi connectivity index (χ1n) is 8.08. The van der Waals surface area contributed by atoms with Crippen LogP contribution in [0.3, 0.4) is 0 Å². The fraction of sp³-hybridized carbons (Fsp3) is 0.353. The van der Waals surface area contributed by atoms with Crippen LogP contribution in [0.25, 0.3) is 21.6 Å². The predicted octanol–water partition coefficient (Wildman–Crippen LogP) is 2.97. The summed E-state index contributed by atoms with van der Waals surface area (Å²) in [6, 6.07) is 3.67. The molecule has 0 unspecified atom stereocenters. The summed E-state index contributed by atoms with van der Waals surface area (Å²) in [5.74, 6) is 1.71. The Kier molecular flexibility index (Phi) is 3.96. The first-order valence-corrected chi connectivity index (χ1v) is 10.7. The van der Waals surface area contributed by atoms with Gasteiger partial charge in [0.1, 0.15) is 10.6 Å². The van der Waals surface area contributed by atoms with Crippen molar-refractivity contribution in [1.82, 2.24) is 15.0 Å². The van der Waals surface area contributed by atoms with E-state index in [1.807, 2.05) is 12.1 Å². The van der Waals surface area contributed by atoms with Crippen molar-refractivity contribution in [3.8, 4) is 11.4 Å². The van der Waals surface area contributed by atoms with Crippen LogP contribution in [-0.4, -0.2) is 40.9 Å². The molecule has 130 valence electrons. The number of rotatable bonds is 3. The Morgan fingerprint density at radius 1 is 1.28 bits per heavy atom. The van der Waals surface area contributed by atoms with Crippen LogP contribution in [0.5, 0.6) is 0 Å². The largest absolute Gasteiger partial charge is 0.366 e. The molecule has 0 radical (unpaired) electrons. The second-order valence-electron chi connectivity index (χ2n) is 6.35. The molecule has 1 aliphatic rings. The van der Waals surface area contributed by atoms with E-state index in [0.717, 1.165) is 21.3 Å². The maximum absolute atomic E-state index is 11.8. The van der Waals surface area contributed by atoms with Gasteiger partial charge < -0.3 is 5.32 Å². The third-order valence-corrected chi connectivity index (χ3v) is 7.39. The zero-order chi connectivity index (χ0) is 17.6. The molecule has 0 amide bonds. The number of nitrogens with one attached hydrogen (secondary N) is 1. The number of anilines is 1. The van der Waals surface area contributed by atoms with E-state index in [9.17, 15) is 8.42 Å². The van der Waals surface area contributed by atoms with Crippen LogP contribution < -0.4 is 5.32 Å². The lowest BCUT2D eigenvalue weighted by atomic mass is 10.2. The molecule has 4 heterocycles. The van der Waals surface area contributed by atoms with Gasteiger partial charge in [0.25, 0.3) is 0 Å². The molecular formula is C17H18N4O2S2. The zero-order valence-corrected chi connectivity index (χ0v) is 15.6. The molecular weight excluding hydrogens is 356 g/mol. The van der Waals surface area contributed by atoms with Crippen LogP contribution in [0.2, 0.25) is 0 Å². The molecule has 1 saturated heterocycles. The maximum Gasteiger partial charge on any atom is 0.164 e. The number of hydrogen-bond acceptors (Lipinski definition) is 7. The van der Waals surface area contributed by atoms with Crippen LogP contribution in [0.1, 0.15) is 16.9 Å². The van der Waals surface area contributed by atoms with E-state index in [-0.39, 0.29) is 17.5 Å². The maximum atomic E-state index is 11.8. The molecule has 0 aromatic carbocycles. The Labute approximate surface area is 150 Å². The summed E-state index contributed by atoms with van der Waals surface area (Å²) in [5.41, 5.74) is 1.98. The lowest BCUT2D eigenvalue weighted by molar-refractivity contribution is 0.602. The Morgan fingerprint density at radius 2 is 2.12 bits per heavy atom. The van der Waals surface area contributed by atoms with Gasteiger partial charge in [-0.25, -0.2) is 18.4 Å². The molecule has 0 aliphatic carbocycles. The van der Waals surface area contributed by atoms with Crippen molar-refractivity contribution < 1.29 is 8.42 Å². The van der Waals surface area contributed by atoms with E-state index < -0.39 is 9.84 Å². The average molecular weight is 374 g/mol. The van der Waals surface area contributed by atoms with Gasteiger partial charge in [-0.3, -0.25) is 4.98 Å². The third kappa shape index (κ3) is 3.11. The molecule has 1 atom stereocenters. The summed E-state index contributed by atoms with van der Waals surface area (Å²) >= 11 is 1.63. The van der Waals surface area contributed by atoms with Gasteiger partial charge in [-0.2, -0.15) is 0 Å². The molecule has 3 aromatic heterocycles. The normalized spacial score (nSPS) is 19.4. The van der Waals surface area contributed by atoms with Crippen molar-refractivity contribution in [2.24, 2.45) is 0 Å². The Hall–Kier alpha value is -2.06. The van der Waals surface area contributed by atoms with E-state index in [1.165, 1.54) is 4.88 Å². The Morgan fingerprint density at radius 3 is 2.80 bits per heavy atom. The van der Waals surface area contributed by atoms with Crippen molar-refractivity contribution in [3.05, 3.63) is 35.0 Å². The Balaban J connectivity index is 1.83. The number of nitrogens with zero attached hydrogens (tertiary/aromatic N) is 3. The summed E-state index contributed by atoms with van der Waals surface area (Å²) in [6.07, 6.45) is 4.06. The standard InChI is InChI=1S/C17H18N4O2S2/c1-10-11(2)24-17-14(10)16(19-13-5-7-25(22,23)9-13)20-15(21-17)12-4-3-6-18-8-12/h3-4,6,8,13H,5,7,9H2,1-2H3,(H,19,20,21)/t13-/m0/s1. The van der Waals surface area contributed by atoms with Gasteiger partial charge in [-0.15, -0.1) is 11.3 Å². The smallest absolute Gasteiger partial charge is 0.164 e. The summed E-state index contributed by atoms with van der Waals surface area (Å²) in [5, 5.41) is 4.35. The number of pyridine rings is 1. The molecule has 1 aliphatic heterocycles. The zero-order valence-electron chi connectivity index (χ0n) is 14.0. The number of aromatic nitrogens is 3. The first kappa shape index (κ1) is 16.4. The number of sulfone groups is 1. The first-order chi connectivity index (χ1) is 11.9. The highest BCUT2D eigenvalue weighted by Gasteiger charge is 2.29. The lowest BCUT2D eigenvalue weighted by Gasteiger charge is -2.14. The van der Waals surface area contributed by atoms with Crippen molar-refractivity contribution in [2.75, 3.05) is 16.8 Å². The van der Waals surface area contributed by atoms with E-state index in [1.54, 1.807) is 23.7 Å². The van der Waals surface area contributed by atoms with Crippen LogP contribution in [0.4, 0.5) is 5.82 Å². The van der Waals surface area contributed by atoms with Crippen molar-refractivity contribution >= 4 is 37.2 Å². The minimum absolute atomic E-state index is 0.107. The van der Waals surface area contributed by atoms with Gasteiger partial charge in [0.2, 0.25) is 0 Å². The van der Waals surface area contributed by atoms with E-state index in [0.29, 0.717) is 18.1 Å². The van der Waals surface area contributed by atoms with Gasteiger partial charge >= 0.3 is 0 Å².